The number of nitrogens with one attached hydrogen (secondary N) is 3. The number of benzene rings is 1. The number of H-pyrrole nitrogens is 1. The van der Waals surface area contributed by atoms with Crippen LogP contribution >= 0.6 is 0 Å². The van der Waals surface area contributed by atoms with Crippen LogP contribution in [0.25, 0.3) is 11.0 Å². The second-order valence-electron chi connectivity index (χ2n) is 7.35. The standard InChI is InChI=1S/C21H32N6O/c1-3-23-21(27-13-10-16(11-14-27)15-20(28)22-2)24-12-6-9-19-25-17-7-4-5-8-18(17)26-19/h4-5,7-8,16H,3,6,9-15H2,1-2H3,(H,22,28)(H,23,24)(H,25,26). The Balaban J connectivity index is 1.48. The zero-order valence-electron chi connectivity index (χ0n) is 17.0. The van der Waals surface area contributed by atoms with Gasteiger partial charge < -0.3 is 20.5 Å². The molecule has 28 heavy (non-hydrogen) atoms. The van der Waals surface area contributed by atoms with Crippen LogP contribution in [0.5, 0.6) is 0 Å². The Bertz CT molecular complexity index is 758. The molecule has 7 nitrogen and oxygen atoms in total. The highest BCUT2D eigenvalue weighted by molar-refractivity contribution is 5.80. The third kappa shape index (κ3) is 5.47. The lowest BCUT2D eigenvalue weighted by atomic mass is 9.93. The minimum Gasteiger partial charge on any atom is -0.359 e. The second kappa shape index (κ2) is 10.1. The minimum absolute atomic E-state index is 0.143. The van der Waals surface area contributed by atoms with Crippen molar-refractivity contribution in [3.05, 3.63) is 30.1 Å². The van der Waals surface area contributed by atoms with Crippen LogP contribution in [0.1, 0.15) is 38.4 Å². The smallest absolute Gasteiger partial charge is 0.220 e. The molecule has 1 aromatic heterocycles. The van der Waals surface area contributed by atoms with E-state index in [-0.39, 0.29) is 5.91 Å². The maximum Gasteiger partial charge on any atom is 0.220 e. The zero-order chi connectivity index (χ0) is 19.8. The summed E-state index contributed by atoms with van der Waals surface area (Å²) in [5.41, 5.74) is 2.11. The van der Waals surface area contributed by atoms with E-state index in [0.29, 0.717) is 12.3 Å². The van der Waals surface area contributed by atoms with Crippen molar-refractivity contribution in [1.29, 1.82) is 0 Å². The van der Waals surface area contributed by atoms with E-state index >= 15 is 0 Å². The number of carbonyl (C=O) groups is 1. The Kier molecular flexibility index (Phi) is 7.28. The summed E-state index contributed by atoms with van der Waals surface area (Å²) in [5.74, 6) is 2.64. The molecule has 2 heterocycles. The molecule has 3 rings (SSSR count). The molecule has 1 saturated heterocycles. The van der Waals surface area contributed by atoms with E-state index in [2.05, 4.69) is 38.5 Å². The lowest BCUT2D eigenvalue weighted by molar-refractivity contribution is -0.121. The minimum atomic E-state index is 0.143. The number of nitrogens with zero attached hydrogens (tertiary/aromatic N) is 3. The van der Waals surface area contributed by atoms with Crippen molar-refractivity contribution < 1.29 is 4.79 Å². The Morgan fingerprint density at radius 1 is 1.32 bits per heavy atom. The summed E-state index contributed by atoms with van der Waals surface area (Å²) in [5, 5.41) is 6.14. The number of aromatic nitrogens is 2. The van der Waals surface area contributed by atoms with Crippen molar-refractivity contribution in [3.8, 4) is 0 Å². The fraction of sp³-hybridized carbons (Fsp3) is 0.571. The molecule has 0 aliphatic carbocycles. The van der Waals surface area contributed by atoms with Gasteiger partial charge >= 0.3 is 0 Å². The van der Waals surface area contributed by atoms with Crippen molar-refractivity contribution in [1.82, 2.24) is 25.5 Å². The number of carbonyl (C=O) groups excluding carboxylic acids is 1. The molecular weight excluding hydrogens is 352 g/mol. The second-order valence-corrected chi connectivity index (χ2v) is 7.35. The number of aromatic amines is 1. The van der Waals surface area contributed by atoms with E-state index < -0.39 is 0 Å². The average Bonchev–Trinajstić information content (AvgIpc) is 3.13. The van der Waals surface area contributed by atoms with Crippen molar-refractivity contribution in [2.45, 2.75) is 39.0 Å². The quantitative estimate of drug-likeness (QED) is 0.388. The van der Waals surface area contributed by atoms with Gasteiger partial charge in [0.15, 0.2) is 5.96 Å². The van der Waals surface area contributed by atoms with Gasteiger partial charge in [0.1, 0.15) is 5.82 Å². The van der Waals surface area contributed by atoms with E-state index in [1.807, 2.05) is 18.2 Å². The van der Waals surface area contributed by atoms with Crippen molar-refractivity contribution in [2.24, 2.45) is 10.9 Å². The van der Waals surface area contributed by atoms with Crippen molar-refractivity contribution in [3.63, 3.8) is 0 Å². The molecule has 1 amide bonds. The number of aliphatic imine (C=N–C) groups is 1. The van der Waals surface area contributed by atoms with Gasteiger partial charge in [0.25, 0.3) is 0 Å². The van der Waals surface area contributed by atoms with Crippen LogP contribution < -0.4 is 10.6 Å². The molecule has 152 valence electrons. The Hall–Kier alpha value is -2.57. The van der Waals surface area contributed by atoms with Gasteiger partial charge in [-0.15, -0.1) is 0 Å². The Labute approximate surface area is 167 Å². The van der Waals surface area contributed by atoms with E-state index in [4.69, 9.17) is 4.99 Å². The summed E-state index contributed by atoms with van der Waals surface area (Å²) >= 11 is 0. The van der Waals surface area contributed by atoms with Crippen LogP contribution in [0.2, 0.25) is 0 Å². The summed E-state index contributed by atoms with van der Waals surface area (Å²) in [6.45, 7) is 5.65. The van der Waals surface area contributed by atoms with Crippen molar-refractivity contribution in [2.75, 3.05) is 33.2 Å². The molecule has 3 N–H and O–H groups in total. The lowest BCUT2D eigenvalue weighted by Crippen LogP contribution is -2.46. The van der Waals surface area contributed by atoms with Gasteiger partial charge in [0.05, 0.1) is 11.0 Å². The first-order valence-electron chi connectivity index (χ1n) is 10.4. The number of hydrogen-bond acceptors (Lipinski definition) is 3. The van der Waals surface area contributed by atoms with Gasteiger partial charge in [0.2, 0.25) is 5.91 Å². The monoisotopic (exact) mass is 384 g/mol. The number of likely N-dealkylation sites (tertiary alicyclic amines) is 1. The topological polar surface area (TPSA) is 85.4 Å². The highest BCUT2D eigenvalue weighted by atomic mass is 16.1. The number of hydrogen-bond donors (Lipinski definition) is 3. The summed E-state index contributed by atoms with van der Waals surface area (Å²) < 4.78 is 0. The number of imidazole rings is 1. The van der Waals surface area contributed by atoms with Gasteiger partial charge in [-0.25, -0.2) is 4.98 Å². The van der Waals surface area contributed by atoms with Crippen molar-refractivity contribution >= 4 is 22.9 Å². The molecule has 0 bridgehead atoms. The third-order valence-electron chi connectivity index (χ3n) is 5.27. The molecule has 1 aliphatic rings. The fourth-order valence-corrected chi connectivity index (χ4v) is 3.69. The molecule has 0 spiro atoms. The highest BCUT2D eigenvalue weighted by Gasteiger charge is 2.22. The van der Waals surface area contributed by atoms with Crippen LogP contribution in [0.3, 0.4) is 0 Å². The molecule has 7 heteroatoms. The predicted octanol–water partition coefficient (Wildman–Crippen LogP) is 2.31. The van der Waals surface area contributed by atoms with E-state index in [9.17, 15) is 4.79 Å². The van der Waals surface area contributed by atoms with Crippen LogP contribution in [0.15, 0.2) is 29.3 Å². The number of aryl methyl sites for hydroxylation is 1. The molecule has 0 atom stereocenters. The molecule has 0 radical (unpaired) electrons. The maximum absolute atomic E-state index is 11.6. The molecule has 2 aromatic rings. The zero-order valence-corrected chi connectivity index (χ0v) is 17.0. The van der Waals surface area contributed by atoms with Gasteiger partial charge in [-0.1, -0.05) is 12.1 Å². The lowest BCUT2D eigenvalue weighted by Gasteiger charge is -2.34. The maximum atomic E-state index is 11.6. The van der Waals surface area contributed by atoms with Crippen LogP contribution in [0, 0.1) is 5.92 Å². The third-order valence-corrected chi connectivity index (χ3v) is 5.27. The predicted molar refractivity (Wildman–Crippen MR) is 113 cm³/mol. The van der Waals surface area contributed by atoms with Crippen LogP contribution in [0.4, 0.5) is 0 Å². The average molecular weight is 385 g/mol. The van der Waals surface area contributed by atoms with Gasteiger partial charge in [-0.05, 0) is 44.2 Å². The molecule has 1 fully saturated rings. The number of guanidine groups is 1. The molecule has 0 unspecified atom stereocenters. The summed E-state index contributed by atoms with van der Waals surface area (Å²) in [4.78, 5) is 26.7. The summed E-state index contributed by atoms with van der Waals surface area (Å²) in [6, 6.07) is 8.12. The van der Waals surface area contributed by atoms with E-state index in [1.165, 1.54) is 0 Å². The highest BCUT2D eigenvalue weighted by Crippen LogP contribution is 2.20. The number of piperidine rings is 1. The number of para-hydroxylation sites is 2. The van der Waals surface area contributed by atoms with Gasteiger partial charge in [-0.2, -0.15) is 0 Å². The normalized spacial score (nSPS) is 15.8. The first-order valence-corrected chi connectivity index (χ1v) is 10.4. The molecule has 1 aromatic carbocycles. The fourth-order valence-electron chi connectivity index (χ4n) is 3.69. The first kappa shape index (κ1) is 20.2. The number of rotatable bonds is 7. The number of amides is 1. The van der Waals surface area contributed by atoms with Gasteiger partial charge in [0, 0.05) is 46.1 Å². The van der Waals surface area contributed by atoms with Gasteiger partial charge in [-0.3, -0.25) is 9.79 Å². The Morgan fingerprint density at radius 3 is 2.82 bits per heavy atom. The van der Waals surface area contributed by atoms with E-state index in [1.54, 1.807) is 7.05 Å². The molecular formula is C21H32N6O. The number of fused-ring (bicyclic) bond motifs is 1. The van der Waals surface area contributed by atoms with Crippen LogP contribution in [-0.2, 0) is 11.2 Å². The van der Waals surface area contributed by atoms with E-state index in [0.717, 1.165) is 74.7 Å². The largest absolute Gasteiger partial charge is 0.359 e. The first-order chi connectivity index (χ1) is 13.7. The van der Waals surface area contributed by atoms with Crippen LogP contribution in [-0.4, -0.2) is 60.0 Å². The molecule has 0 saturated carbocycles. The Morgan fingerprint density at radius 2 is 2.11 bits per heavy atom. The summed E-state index contributed by atoms with van der Waals surface area (Å²) in [7, 11) is 1.71. The molecule has 1 aliphatic heterocycles. The summed E-state index contributed by atoms with van der Waals surface area (Å²) in [6.07, 6.45) is 4.57. The SMILES string of the molecule is CCNC(=NCCCc1nc2ccccc2[nH]1)N1CCC(CC(=O)NC)CC1.